The lowest BCUT2D eigenvalue weighted by molar-refractivity contribution is -0.122. The van der Waals surface area contributed by atoms with Crippen molar-refractivity contribution >= 4 is 30.1 Å². The molecule has 2 fully saturated rings. The van der Waals surface area contributed by atoms with E-state index in [1.54, 1.807) is 7.11 Å². The van der Waals surface area contributed by atoms with Crippen molar-refractivity contribution in [3.8, 4) is 5.75 Å². The third-order valence-electron chi connectivity index (χ3n) is 4.32. The van der Waals surface area contributed by atoms with E-state index in [0.29, 0.717) is 18.4 Å². The summed E-state index contributed by atoms with van der Waals surface area (Å²) in [5, 5.41) is 6.68. The van der Waals surface area contributed by atoms with Crippen molar-refractivity contribution in [1.29, 1.82) is 0 Å². The van der Waals surface area contributed by atoms with Crippen LogP contribution in [0.25, 0.3) is 0 Å². The molecule has 1 saturated heterocycles. The van der Waals surface area contributed by atoms with E-state index < -0.39 is 0 Å². The van der Waals surface area contributed by atoms with Crippen molar-refractivity contribution < 1.29 is 9.53 Å². The summed E-state index contributed by atoms with van der Waals surface area (Å²) < 4.78 is 5.21. The molecule has 1 aromatic rings. The monoisotopic (exact) mass is 356 g/mol. The Morgan fingerprint density at radius 2 is 2.13 bits per heavy atom. The largest absolute Gasteiger partial charge is 0.497 e. The molecular weight excluding hydrogens is 332 g/mol. The van der Waals surface area contributed by atoms with E-state index in [1.165, 1.54) is 18.4 Å². The molecule has 1 saturated carbocycles. The number of rotatable bonds is 6. The predicted molar refractivity (Wildman–Crippen MR) is 97.6 cm³/mol. The van der Waals surface area contributed by atoms with E-state index in [0.717, 1.165) is 23.8 Å². The van der Waals surface area contributed by atoms with Crippen LogP contribution in [-0.4, -0.2) is 37.1 Å². The number of amides is 1. The molecule has 1 heterocycles. The molecule has 1 aromatic carbocycles. The molecule has 3 rings (SSSR count). The Bertz CT molecular complexity index is 502. The Labute approximate surface area is 148 Å². The van der Waals surface area contributed by atoms with E-state index in [2.05, 4.69) is 22.8 Å². The van der Waals surface area contributed by atoms with Crippen molar-refractivity contribution in [1.82, 2.24) is 10.6 Å². The van der Waals surface area contributed by atoms with Crippen LogP contribution in [0.4, 0.5) is 0 Å². The summed E-state index contributed by atoms with van der Waals surface area (Å²) in [6.45, 7) is 1.01. The highest BCUT2D eigenvalue weighted by Crippen LogP contribution is 2.41. The zero-order valence-corrected chi connectivity index (χ0v) is 15.1. The molecule has 0 aromatic heterocycles. The molecule has 2 atom stereocenters. The molecular formula is C17H25ClN2O2S. The Balaban J connectivity index is 0.00000192. The lowest BCUT2D eigenvalue weighted by Crippen LogP contribution is -2.42. The first kappa shape index (κ1) is 18.4. The van der Waals surface area contributed by atoms with Gasteiger partial charge < -0.3 is 15.4 Å². The maximum absolute atomic E-state index is 12.4. The van der Waals surface area contributed by atoms with Gasteiger partial charge in [0, 0.05) is 30.5 Å². The Hall–Kier alpha value is -0.910. The second-order valence-corrected chi connectivity index (χ2v) is 7.24. The molecule has 4 nitrogen and oxygen atoms in total. The Morgan fingerprint density at radius 1 is 1.39 bits per heavy atom. The van der Waals surface area contributed by atoms with Crippen molar-refractivity contribution in [3.63, 3.8) is 0 Å². The van der Waals surface area contributed by atoms with Crippen LogP contribution in [0.1, 0.15) is 30.9 Å². The van der Waals surface area contributed by atoms with Crippen LogP contribution in [0.3, 0.4) is 0 Å². The first-order chi connectivity index (χ1) is 10.8. The van der Waals surface area contributed by atoms with Gasteiger partial charge in [-0.3, -0.25) is 4.79 Å². The summed E-state index contributed by atoms with van der Waals surface area (Å²) in [6, 6.07) is 8.53. The fraction of sp³-hybridized carbons (Fsp3) is 0.588. The van der Waals surface area contributed by atoms with E-state index in [4.69, 9.17) is 4.74 Å². The number of ether oxygens (including phenoxy) is 1. The molecule has 6 heteroatoms. The van der Waals surface area contributed by atoms with Crippen LogP contribution >= 0.6 is 24.2 Å². The van der Waals surface area contributed by atoms with E-state index in [-0.39, 0.29) is 24.4 Å². The minimum Gasteiger partial charge on any atom is -0.497 e. The molecule has 2 aliphatic rings. The molecule has 0 spiro atoms. The molecule has 128 valence electrons. The van der Waals surface area contributed by atoms with Gasteiger partial charge in [-0.25, -0.2) is 0 Å². The van der Waals surface area contributed by atoms with Gasteiger partial charge in [0.1, 0.15) is 5.75 Å². The highest BCUT2D eigenvalue weighted by molar-refractivity contribution is 7.99. The number of benzene rings is 1. The maximum atomic E-state index is 12.4. The van der Waals surface area contributed by atoms with Crippen molar-refractivity contribution in [2.24, 2.45) is 5.92 Å². The first-order valence-corrected chi connectivity index (χ1v) is 9.16. The molecule has 1 aliphatic carbocycles. The summed E-state index contributed by atoms with van der Waals surface area (Å²) in [7, 11) is 1.67. The van der Waals surface area contributed by atoms with Gasteiger partial charge in [-0.05, 0) is 36.5 Å². The van der Waals surface area contributed by atoms with Crippen LogP contribution in [0.15, 0.2) is 24.3 Å². The standard InChI is InChI=1S/C17H24N2O2S.ClH/c1-21-15-6-4-13(5-7-15)17(12-2-3-12)19-16(20)10-14-11-22-9-8-18-14;/h4-7,12,14,17-18H,2-3,8-11H2,1H3,(H,19,20);1H. The topological polar surface area (TPSA) is 50.4 Å². The number of thioether (sulfide) groups is 1. The molecule has 0 radical (unpaired) electrons. The fourth-order valence-electron chi connectivity index (χ4n) is 2.92. The number of hydrogen-bond acceptors (Lipinski definition) is 4. The van der Waals surface area contributed by atoms with E-state index in [9.17, 15) is 4.79 Å². The lowest BCUT2D eigenvalue weighted by atomic mass is 10.0. The molecule has 1 amide bonds. The minimum absolute atomic E-state index is 0. The van der Waals surface area contributed by atoms with Gasteiger partial charge in [0.05, 0.1) is 13.2 Å². The average molecular weight is 357 g/mol. The number of methoxy groups -OCH3 is 1. The fourth-order valence-corrected chi connectivity index (χ4v) is 3.87. The van der Waals surface area contributed by atoms with Crippen LogP contribution in [0, 0.1) is 5.92 Å². The second kappa shape index (κ2) is 8.81. The summed E-state index contributed by atoms with van der Waals surface area (Å²) in [4.78, 5) is 12.4. The molecule has 2 N–H and O–H groups in total. The van der Waals surface area contributed by atoms with Gasteiger partial charge in [-0.1, -0.05) is 12.1 Å². The summed E-state index contributed by atoms with van der Waals surface area (Å²) in [6.07, 6.45) is 2.98. The lowest BCUT2D eigenvalue weighted by Gasteiger charge is -2.24. The zero-order chi connectivity index (χ0) is 15.4. The number of hydrogen-bond donors (Lipinski definition) is 2. The average Bonchev–Trinajstić information content (AvgIpc) is 3.38. The maximum Gasteiger partial charge on any atom is 0.222 e. The second-order valence-electron chi connectivity index (χ2n) is 6.09. The molecule has 23 heavy (non-hydrogen) atoms. The van der Waals surface area contributed by atoms with Crippen molar-refractivity contribution in [3.05, 3.63) is 29.8 Å². The zero-order valence-electron chi connectivity index (χ0n) is 13.4. The van der Waals surface area contributed by atoms with Gasteiger partial charge in [0.2, 0.25) is 5.91 Å². The third-order valence-corrected chi connectivity index (χ3v) is 5.45. The van der Waals surface area contributed by atoms with Gasteiger partial charge in [0.15, 0.2) is 0 Å². The Kier molecular flexibility index (Phi) is 7.06. The number of nitrogens with one attached hydrogen (secondary N) is 2. The number of halogens is 1. The Morgan fingerprint density at radius 3 is 2.70 bits per heavy atom. The predicted octanol–water partition coefficient (Wildman–Crippen LogP) is 2.78. The van der Waals surface area contributed by atoms with Gasteiger partial charge in [-0.2, -0.15) is 11.8 Å². The minimum atomic E-state index is 0. The van der Waals surface area contributed by atoms with E-state index >= 15 is 0 Å². The molecule has 2 unspecified atom stereocenters. The highest BCUT2D eigenvalue weighted by Gasteiger charge is 2.33. The molecule has 0 bridgehead atoms. The molecule has 1 aliphatic heterocycles. The van der Waals surface area contributed by atoms with Crippen molar-refractivity contribution in [2.75, 3.05) is 25.2 Å². The van der Waals surface area contributed by atoms with Gasteiger partial charge in [0.25, 0.3) is 0 Å². The summed E-state index contributed by atoms with van der Waals surface area (Å²) in [5.41, 5.74) is 1.18. The highest BCUT2D eigenvalue weighted by atomic mass is 35.5. The van der Waals surface area contributed by atoms with Gasteiger partial charge >= 0.3 is 0 Å². The van der Waals surface area contributed by atoms with Crippen LogP contribution in [-0.2, 0) is 4.79 Å². The normalized spacial score (nSPS) is 21.9. The quantitative estimate of drug-likeness (QED) is 0.823. The number of carbonyl (C=O) groups is 1. The summed E-state index contributed by atoms with van der Waals surface area (Å²) in [5.74, 6) is 3.78. The van der Waals surface area contributed by atoms with Crippen LogP contribution in [0.2, 0.25) is 0 Å². The first-order valence-electron chi connectivity index (χ1n) is 8.00. The third kappa shape index (κ3) is 5.30. The van der Waals surface area contributed by atoms with Crippen LogP contribution in [0.5, 0.6) is 5.75 Å². The SMILES string of the molecule is COc1ccc(C(NC(=O)CC2CSCCN2)C2CC2)cc1.Cl. The van der Waals surface area contributed by atoms with Crippen LogP contribution < -0.4 is 15.4 Å². The van der Waals surface area contributed by atoms with E-state index in [1.807, 2.05) is 23.9 Å². The smallest absolute Gasteiger partial charge is 0.222 e. The van der Waals surface area contributed by atoms with Crippen molar-refractivity contribution in [2.45, 2.75) is 31.3 Å². The number of carbonyl (C=O) groups excluding carboxylic acids is 1. The summed E-state index contributed by atoms with van der Waals surface area (Å²) >= 11 is 1.93. The van der Waals surface area contributed by atoms with Gasteiger partial charge in [-0.15, -0.1) is 12.4 Å².